The molecular weight excluding hydrogens is 212 g/mol. The highest BCUT2D eigenvalue weighted by atomic mass is 16.3. The van der Waals surface area contributed by atoms with Crippen LogP contribution in [0.5, 0.6) is 0 Å². The van der Waals surface area contributed by atoms with Crippen LogP contribution in [0.4, 0.5) is 0 Å². The van der Waals surface area contributed by atoms with Crippen LogP contribution >= 0.6 is 0 Å². The molecule has 2 heterocycles. The van der Waals surface area contributed by atoms with Gasteiger partial charge in [0.1, 0.15) is 5.76 Å². The van der Waals surface area contributed by atoms with Crippen molar-refractivity contribution in [1.82, 2.24) is 10.3 Å². The molecule has 3 heteroatoms. The van der Waals surface area contributed by atoms with E-state index in [2.05, 4.69) is 24.1 Å². The molecule has 17 heavy (non-hydrogen) atoms. The molecule has 0 amide bonds. The molecule has 0 aromatic carbocycles. The Morgan fingerprint density at radius 2 is 2.29 bits per heavy atom. The molecule has 0 aliphatic carbocycles. The van der Waals surface area contributed by atoms with Crippen LogP contribution in [0.3, 0.4) is 0 Å². The van der Waals surface area contributed by atoms with Gasteiger partial charge in [-0.1, -0.05) is 6.92 Å². The molecule has 0 bridgehead atoms. The number of furan rings is 1. The molecule has 0 spiro atoms. The fourth-order valence-corrected chi connectivity index (χ4v) is 1.85. The van der Waals surface area contributed by atoms with Crippen LogP contribution in [0, 0.1) is 6.92 Å². The van der Waals surface area contributed by atoms with Gasteiger partial charge in [0.05, 0.1) is 12.3 Å². The van der Waals surface area contributed by atoms with Crippen molar-refractivity contribution in [2.45, 2.75) is 32.9 Å². The smallest absolute Gasteiger partial charge is 0.120 e. The number of nitrogens with one attached hydrogen (secondary N) is 1. The zero-order valence-corrected chi connectivity index (χ0v) is 10.3. The fourth-order valence-electron chi connectivity index (χ4n) is 1.85. The Balaban J connectivity index is 2.00. The van der Waals surface area contributed by atoms with Gasteiger partial charge in [-0.2, -0.15) is 0 Å². The Morgan fingerprint density at radius 1 is 1.41 bits per heavy atom. The first-order valence-electron chi connectivity index (χ1n) is 5.97. The van der Waals surface area contributed by atoms with Crippen LogP contribution in [0.2, 0.25) is 0 Å². The van der Waals surface area contributed by atoms with E-state index in [1.165, 1.54) is 11.1 Å². The predicted molar refractivity (Wildman–Crippen MR) is 67.6 cm³/mol. The van der Waals surface area contributed by atoms with Crippen LogP contribution in [0.25, 0.3) is 0 Å². The normalized spacial score (nSPS) is 12.6. The maximum atomic E-state index is 5.43. The highest BCUT2D eigenvalue weighted by Crippen LogP contribution is 2.17. The molecule has 90 valence electrons. The maximum absolute atomic E-state index is 5.43. The minimum absolute atomic E-state index is 0.268. The van der Waals surface area contributed by atoms with Gasteiger partial charge in [0.15, 0.2) is 0 Å². The molecule has 1 unspecified atom stereocenters. The van der Waals surface area contributed by atoms with E-state index in [-0.39, 0.29) is 6.04 Å². The van der Waals surface area contributed by atoms with Gasteiger partial charge in [0, 0.05) is 18.9 Å². The minimum atomic E-state index is 0.268. The third-order valence-corrected chi connectivity index (χ3v) is 2.98. The fraction of sp³-hybridized carbons (Fsp3) is 0.357. The van der Waals surface area contributed by atoms with Crippen molar-refractivity contribution >= 4 is 0 Å². The summed E-state index contributed by atoms with van der Waals surface area (Å²) in [4.78, 5) is 4.15. The van der Waals surface area contributed by atoms with Gasteiger partial charge in [-0.25, -0.2) is 0 Å². The monoisotopic (exact) mass is 230 g/mol. The summed E-state index contributed by atoms with van der Waals surface area (Å²) >= 11 is 0. The first kappa shape index (κ1) is 11.9. The van der Waals surface area contributed by atoms with Gasteiger partial charge in [0.2, 0.25) is 0 Å². The van der Waals surface area contributed by atoms with Crippen LogP contribution in [0.15, 0.2) is 41.3 Å². The third-order valence-electron chi connectivity index (χ3n) is 2.98. The number of aromatic nitrogens is 1. The summed E-state index contributed by atoms with van der Waals surface area (Å²) in [5, 5.41) is 3.50. The summed E-state index contributed by atoms with van der Waals surface area (Å²) in [5.41, 5.74) is 2.50. The van der Waals surface area contributed by atoms with Crippen molar-refractivity contribution < 1.29 is 4.42 Å². The Hall–Kier alpha value is -1.61. The number of hydrogen-bond acceptors (Lipinski definition) is 3. The second-order valence-corrected chi connectivity index (χ2v) is 4.16. The molecular formula is C14H18N2O. The molecule has 1 N–H and O–H groups in total. The molecule has 2 aromatic heterocycles. The number of aryl methyl sites for hydroxylation is 1. The summed E-state index contributed by atoms with van der Waals surface area (Å²) in [6, 6.07) is 6.24. The van der Waals surface area contributed by atoms with Crippen molar-refractivity contribution in [2.75, 3.05) is 0 Å². The molecule has 0 fully saturated rings. The van der Waals surface area contributed by atoms with Crippen molar-refractivity contribution in [3.8, 4) is 0 Å². The van der Waals surface area contributed by atoms with E-state index in [1.807, 2.05) is 30.6 Å². The topological polar surface area (TPSA) is 38.1 Å². The van der Waals surface area contributed by atoms with Crippen molar-refractivity contribution in [3.63, 3.8) is 0 Å². The van der Waals surface area contributed by atoms with Crippen LogP contribution in [-0.4, -0.2) is 4.98 Å². The molecule has 0 radical (unpaired) electrons. The highest BCUT2D eigenvalue weighted by Gasteiger charge is 2.11. The average Bonchev–Trinajstić information content (AvgIpc) is 2.86. The van der Waals surface area contributed by atoms with E-state index in [0.29, 0.717) is 0 Å². The largest absolute Gasteiger partial charge is 0.468 e. The van der Waals surface area contributed by atoms with Gasteiger partial charge in [0.25, 0.3) is 0 Å². The van der Waals surface area contributed by atoms with E-state index < -0.39 is 0 Å². The summed E-state index contributed by atoms with van der Waals surface area (Å²) in [7, 11) is 0. The Morgan fingerprint density at radius 3 is 2.94 bits per heavy atom. The lowest BCUT2D eigenvalue weighted by Crippen LogP contribution is -2.20. The van der Waals surface area contributed by atoms with Gasteiger partial charge < -0.3 is 9.73 Å². The molecule has 3 nitrogen and oxygen atoms in total. The highest BCUT2D eigenvalue weighted by molar-refractivity contribution is 5.21. The molecule has 0 saturated heterocycles. The molecule has 1 atom stereocenters. The summed E-state index contributed by atoms with van der Waals surface area (Å²) in [6.07, 6.45) is 6.46. The Bertz CT molecular complexity index is 451. The molecule has 0 saturated carbocycles. The molecule has 2 rings (SSSR count). The zero-order valence-electron chi connectivity index (χ0n) is 10.3. The SMILES string of the molecule is CCC(NCc1cnccc1C)c1ccco1. The van der Waals surface area contributed by atoms with Gasteiger partial charge >= 0.3 is 0 Å². The van der Waals surface area contributed by atoms with Crippen molar-refractivity contribution in [3.05, 3.63) is 53.7 Å². The van der Waals surface area contributed by atoms with Crippen molar-refractivity contribution in [1.29, 1.82) is 0 Å². The van der Waals surface area contributed by atoms with Crippen LogP contribution in [0.1, 0.15) is 36.3 Å². The molecule has 0 aliphatic heterocycles. The molecule has 2 aromatic rings. The number of hydrogen-bond donors (Lipinski definition) is 1. The lowest BCUT2D eigenvalue weighted by Gasteiger charge is -2.15. The minimum Gasteiger partial charge on any atom is -0.468 e. The number of rotatable bonds is 5. The summed E-state index contributed by atoms with van der Waals surface area (Å²) in [6.45, 7) is 5.07. The number of nitrogens with zero attached hydrogens (tertiary/aromatic N) is 1. The summed E-state index contributed by atoms with van der Waals surface area (Å²) < 4.78 is 5.43. The maximum Gasteiger partial charge on any atom is 0.120 e. The Kier molecular flexibility index (Phi) is 3.94. The Labute approximate surface area is 102 Å². The van der Waals surface area contributed by atoms with Gasteiger partial charge in [-0.05, 0) is 42.7 Å². The second kappa shape index (κ2) is 5.64. The lowest BCUT2D eigenvalue weighted by molar-refractivity contribution is 0.403. The van der Waals surface area contributed by atoms with Gasteiger partial charge in [-0.3, -0.25) is 4.98 Å². The molecule has 0 aliphatic rings. The second-order valence-electron chi connectivity index (χ2n) is 4.16. The van der Waals surface area contributed by atoms with Crippen LogP contribution in [-0.2, 0) is 6.54 Å². The third kappa shape index (κ3) is 2.94. The van der Waals surface area contributed by atoms with E-state index in [0.717, 1.165) is 18.7 Å². The van der Waals surface area contributed by atoms with E-state index in [1.54, 1.807) is 6.26 Å². The first-order valence-corrected chi connectivity index (χ1v) is 5.97. The zero-order chi connectivity index (χ0) is 12.1. The lowest BCUT2D eigenvalue weighted by atomic mass is 10.1. The van der Waals surface area contributed by atoms with Gasteiger partial charge in [-0.15, -0.1) is 0 Å². The standard InChI is InChI=1S/C14H18N2O/c1-3-13(14-5-4-8-17-14)16-10-12-9-15-7-6-11(12)2/h4-9,13,16H,3,10H2,1-2H3. The number of pyridine rings is 1. The summed E-state index contributed by atoms with van der Waals surface area (Å²) in [5.74, 6) is 0.994. The average molecular weight is 230 g/mol. The van der Waals surface area contributed by atoms with Crippen LogP contribution < -0.4 is 5.32 Å². The van der Waals surface area contributed by atoms with E-state index in [9.17, 15) is 0 Å². The van der Waals surface area contributed by atoms with E-state index >= 15 is 0 Å². The van der Waals surface area contributed by atoms with Crippen molar-refractivity contribution in [2.24, 2.45) is 0 Å². The quantitative estimate of drug-likeness (QED) is 0.857. The first-order chi connectivity index (χ1) is 8.31. The van der Waals surface area contributed by atoms with E-state index in [4.69, 9.17) is 4.42 Å². The predicted octanol–water partition coefficient (Wildman–Crippen LogP) is 3.22.